The van der Waals surface area contributed by atoms with Gasteiger partial charge in [-0.25, -0.2) is 17.5 Å². The Balaban J connectivity index is 1.56. The van der Waals surface area contributed by atoms with Crippen LogP contribution in [0.4, 0.5) is 10.1 Å². The van der Waals surface area contributed by atoms with E-state index in [0.29, 0.717) is 26.2 Å². The second-order valence-corrected chi connectivity index (χ2v) is 8.82. The molecule has 28 heavy (non-hydrogen) atoms. The van der Waals surface area contributed by atoms with Gasteiger partial charge >= 0.3 is 0 Å². The topological polar surface area (TPSA) is 69.7 Å². The monoisotopic (exact) mass is 445 g/mol. The molecule has 0 atom stereocenters. The van der Waals surface area contributed by atoms with Crippen LogP contribution in [0.1, 0.15) is 0 Å². The molecule has 150 valence electrons. The first-order valence-electron chi connectivity index (χ1n) is 8.49. The average molecular weight is 446 g/mol. The second-order valence-electron chi connectivity index (χ2n) is 6.24. The van der Waals surface area contributed by atoms with Crippen LogP contribution in [-0.4, -0.2) is 51.9 Å². The zero-order valence-electron chi connectivity index (χ0n) is 14.7. The molecule has 0 aliphatic carbocycles. The normalized spacial score (nSPS) is 15.0. The molecular weight excluding hydrogens is 428 g/mol. The lowest BCUT2D eigenvalue weighted by atomic mass is 10.2. The molecule has 0 bridgehead atoms. The number of hydrogen-bond donors (Lipinski definition) is 1. The van der Waals surface area contributed by atoms with Gasteiger partial charge in [0, 0.05) is 36.9 Å². The number of hydrogen-bond acceptors (Lipinski definition) is 4. The number of nitrogens with zero attached hydrogens (tertiary/aromatic N) is 2. The number of halogens is 3. The minimum atomic E-state index is -3.96. The van der Waals surface area contributed by atoms with Crippen LogP contribution in [0.5, 0.6) is 0 Å². The van der Waals surface area contributed by atoms with Gasteiger partial charge in [0.05, 0.1) is 11.6 Å². The number of anilines is 1. The summed E-state index contributed by atoms with van der Waals surface area (Å²) in [6.07, 6.45) is 0. The number of sulfonamides is 1. The van der Waals surface area contributed by atoms with Gasteiger partial charge in [-0.05, 0) is 42.5 Å². The zero-order valence-corrected chi connectivity index (χ0v) is 17.1. The maximum atomic E-state index is 13.0. The quantitative estimate of drug-likeness (QED) is 0.767. The highest BCUT2D eigenvalue weighted by Crippen LogP contribution is 2.24. The second kappa shape index (κ2) is 8.65. The number of amides is 1. The van der Waals surface area contributed by atoms with E-state index in [2.05, 4.69) is 4.72 Å². The smallest absolute Gasteiger partial charge is 0.242 e. The molecule has 0 spiro atoms. The first-order chi connectivity index (χ1) is 13.3. The van der Waals surface area contributed by atoms with E-state index in [0.717, 1.165) is 5.69 Å². The molecule has 1 amide bonds. The van der Waals surface area contributed by atoms with Crippen molar-refractivity contribution in [3.63, 3.8) is 0 Å². The van der Waals surface area contributed by atoms with Crippen molar-refractivity contribution < 1.29 is 17.6 Å². The standard InChI is InChI=1S/C18H18Cl2FN3O3S/c19-13-1-6-16(20)17(11-13)28(26,27)22-12-18(25)24-9-7-23(8-10-24)15-4-2-14(21)3-5-15/h1-6,11,22H,7-10,12H2. The Bertz CT molecular complexity index is 963. The minimum Gasteiger partial charge on any atom is -0.368 e. The van der Waals surface area contributed by atoms with Crippen molar-refractivity contribution in [2.45, 2.75) is 4.90 Å². The fraction of sp³-hybridized carbons (Fsp3) is 0.278. The zero-order chi connectivity index (χ0) is 20.3. The molecule has 0 aromatic heterocycles. The Morgan fingerprint density at radius 2 is 1.68 bits per heavy atom. The highest BCUT2D eigenvalue weighted by atomic mass is 35.5. The van der Waals surface area contributed by atoms with E-state index in [1.807, 2.05) is 4.90 Å². The summed E-state index contributed by atoms with van der Waals surface area (Å²) in [7, 11) is -3.96. The van der Waals surface area contributed by atoms with E-state index in [1.54, 1.807) is 17.0 Å². The van der Waals surface area contributed by atoms with Crippen LogP contribution in [0.25, 0.3) is 0 Å². The van der Waals surface area contributed by atoms with Crippen LogP contribution >= 0.6 is 23.2 Å². The van der Waals surface area contributed by atoms with Gasteiger partial charge in [0.2, 0.25) is 15.9 Å². The van der Waals surface area contributed by atoms with Crippen molar-refractivity contribution >= 4 is 44.8 Å². The maximum Gasteiger partial charge on any atom is 0.242 e. The average Bonchev–Trinajstić information content (AvgIpc) is 2.69. The van der Waals surface area contributed by atoms with Gasteiger partial charge in [-0.3, -0.25) is 4.79 Å². The number of carbonyl (C=O) groups is 1. The third kappa shape index (κ3) is 4.94. The van der Waals surface area contributed by atoms with E-state index < -0.39 is 10.0 Å². The molecule has 1 aliphatic rings. The largest absolute Gasteiger partial charge is 0.368 e. The predicted octanol–water partition coefficient (Wildman–Crippen LogP) is 2.76. The molecule has 1 aliphatic heterocycles. The van der Waals surface area contributed by atoms with Crippen molar-refractivity contribution in [3.05, 3.63) is 58.3 Å². The number of nitrogens with one attached hydrogen (secondary N) is 1. The van der Waals surface area contributed by atoms with Crippen LogP contribution in [0.2, 0.25) is 10.0 Å². The number of piperazine rings is 1. The van der Waals surface area contributed by atoms with Gasteiger partial charge in [-0.2, -0.15) is 0 Å². The minimum absolute atomic E-state index is 0.0252. The summed E-state index contributed by atoms with van der Waals surface area (Å²) in [5.74, 6) is -0.634. The Morgan fingerprint density at radius 1 is 1.04 bits per heavy atom. The van der Waals surface area contributed by atoms with Crippen LogP contribution in [0, 0.1) is 5.82 Å². The van der Waals surface area contributed by atoms with Crippen LogP contribution < -0.4 is 9.62 Å². The number of rotatable bonds is 5. The summed E-state index contributed by atoms with van der Waals surface area (Å²) < 4.78 is 40.1. The summed E-state index contributed by atoms with van der Waals surface area (Å²) in [5.41, 5.74) is 0.879. The van der Waals surface area contributed by atoms with Crippen LogP contribution in [0.15, 0.2) is 47.4 Å². The van der Waals surface area contributed by atoms with Gasteiger partial charge in [-0.15, -0.1) is 0 Å². The molecule has 2 aromatic carbocycles. The fourth-order valence-corrected chi connectivity index (χ4v) is 4.63. The molecule has 6 nitrogen and oxygen atoms in total. The molecule has 0 unspecified atom stereocenters. The van der Waals surface area contributed by atoms with Crippen molar-refractivity contribution in [2.24, 2.45) is 0 Å². The SMILES string of the molecule is O=C(CNS(=O)(=O)c1cc(Cl)ccc1Cl)N1CCN(c2ccc(F)cc2)CC1. The summed E-state index contributed by atoms with van der Waals surface area (Å²) in [5, 5.41) is 0.255. The molecule has 0 saturated carbocycles. The number of benzene rings is 2. The molecule has 3 rings (SSSR count). The maximum absolute atomic E-state index is 13.0. The molecular formula is C18H18Cl2FN3O3S. The van der Waals surface area contributed by atoms with Crippen molar-refractivity contribution in [1.29, 1.82) is 0 Å². The summed E-state index contributed by atoms with van der Waals surface area (Å²) in [6, 6.07) is 10.3. The van der Waals surface area contributed by atoms with Gasteiger partial charge in [0.1, 0.15) is 10.7 Å². The molecule has 0 radical (unpaired) electrons. The highest BCUT2D eigenvalue weighted by molar-refractivity contribution is 7.89. The fourth-order valence-electron chi connectivity index (χ4n) is 2.90. The van der Waals surface area contributed by atoms with Gasteiger partial charge < -0.3 is 9.80 Å². The van der Waals surface area contributed by atoms with Crippen molar-refractivity contribution in [3.8, 4) is 0 Å². The Kier molecular flexibility index (Phi) is 6.44. The van der Waals surface area contributed by atoms with Gasteiger partial charge in [-0.1, -0.05) is 23.2 Å². The predicted molar refractivity (Wildman–Crippen MR) is 107 cm³/mol. The van der Waals surface area contributed by atoms with E-state index >= 15 is 0 Å². The third-order valence-electron chi connectivity index (χ3n) is 4.42. The van der Waals surface area contributed by atoms with Gasteiger partial charge in [0.15, 0.2) is 0 Å². The molecule has 2 aromatic rings. The summed E-state index contributed by atoms with van der Waals surface area (Å²) >= 11 is 11.8. The first-order valence-corrected chi connectivity index (χ1v) is 10.7. The lowest BCUT2D eigenvalue weighted by Gasteiger charge is -2.36. The molecule has 1 fully saturated rings. The van der Waals surface area contributed by atoms with E-state index in [4.69, 9.17) is 23.2 Å². The lowest BCUT2D eigenvalue weighted by Crippen LogP contribution is -2.51. The molecule has 1 N–H and O–H groups in total. The molecule has 10 heteroatoms. The Morgan fingerprint density at radius 3 is 2.32 bits per heavy atom. The number of carbonyl (C=O) groups excluding carboxylic acids is 1. The van der Waals surface area contributed by atoms with E-state index in [-0.39, 0.29) is 33.2 Å². The van der Waals surface area contributed by atoms with Crippen LogP contribution in [-0.2, 0) is 14.8 Å². The highest BCUT2D eigenvalue weighted by Gasteiger charge is 2.24. The molecule has 1 saturated heterocycles. The lowest BCUT2D eigenvalue weighted by molar-refractivity contribution is -0.130. The first kappa shape index (κ1) is 20.9. The van der Waals surface area contributed by atoms with Crippen molar-refractivity contribution in [2.75, 3.05) is 37.6 Å². The van der Waals surface area contributed by atoms with Gasteiger partial charge in [0.25, 0.3) is 0 Å². The Labute approximate surface area is 172 Å². The van der Waals surface area contributed by atoms with E-state index in [1.165, 1.54) is 30.3 Å². The van der Waals surface area contributed by atoms with Crippen molar-refractivity contribution in [1.82, 2.24) is 9.62 Å². The summed E-state index contributed by atoms with van der Waals surface area (Å²) in [6.45, 7) is 1.65. The Hall–Kier alpha value is -1.87. The molecule has 1 heterocycles. The van der Waals surface area contributed by atoms with E-state index in [9.17, 15) is 17.6 Å². The summed E-state index contributed by atoms with van der Waals surface area (Å²) in [4.78, 5) is 15.8. The third-order valence-corrected chi connectivity index (χ3v) is 6.54. The van der Waals surface area contributed by atoms with Crippen LogP contribution in [0.3, 0.4) is 0 Å².